The van der Waals surface area contributed by atoms with Crippen LogP contribution in [0.3, 0.4) is 0 Å². The largest absolute Gasteiger partial charge is 0.309 e. The normalized spacial score (nSPS) is 11.7. The molecule has 4 heterocycles. The maximum Gasteiger partial charge on any atom is 0.0991 e. The van der Waals surface area contributed by atoms with E-state index in [1.165, 1.54) is 43.4 Å². The number of rotatable bonds is 9. The van der Waals surface area contributed by atoms with Gasteiger partial charge in [-0.25, -0.2) is 0 Å². The standard InChI is InChI=1S/C86H52N6/c87-53-55-21-25-58(26-22-55)60-30-40-82-76(46-60)77-49-62(32-43-83(77)90(82)68-17-9-3-10-18-68)61-31-41-79-73(47-61)71-37-27-65(51-85(71)91(79)69-19-11-4-12-20-69)63-33-42-80-74(48-63)72-38-28-66(52-86(72)92(80)70-35-23-56(54-88)24-36-70)64-34-44-84-78(50-64)75-45-59(57-13-5-1-6-14-57)29-39-81(75)89(84)67-15-7-2-8-16-67/h1-52H. The van der Waals surface area contributed by atoms with Crippen LogP contribution in [0.4, 0.5) is 0 Å². The van der Waals surface area contributed by atoms with Crippen LogP contribution in [0.15, 0.2) is 315 Å². The number of para-hydroxylation sites is 3. The summed E-state index contributed by atoms with van der Waals surface area (Å²) in [5, 5.41) is 28.8. The van der Waals surface area contributed by atoms with Gasteiger partial charge in [0.1, 0.15) is 0 Å². The summed E-state index contributed by atoms with van der Waals surface area (Å²) < 4.78 is 9.51. The molecule has 14 aromatic carbocycles. The SMILES string of the molecule is N#Cc1ccc(-c2ccc3c(c2)c2cc(-c4ccc5c(c4)c4ccc(-c6ccc7c(c6)c6ccc(-c8ccc9c(c8)c8cc(-c%10ccccc%10)ccc8n9-c8ccccc8)cc6n7-c6ccc(C#N)cc6)cc4n5-c4ccccc4)ccc2n3-c2ccccc2)cc1. The minimum atomic E-state index is 0.622. The van der Waals surface area contributed by atoms with E-state index < -0.39 is 0 Å². The first-order chi connectivity index (χ1) is 45.5. The number of nitrogens with zero attached hydrogens (tertiary/aromatic N) is 6. The molecule has 18 rings (SSSR count). The molecule has 0 amide bonds. The molecule has 6 heteroatoms. The van der Waals surface area contributed by atoms with Crippen molar-refractivity contribution in [3.05, 3.63) is 327 Å². The van der Waals surface area contributed by atoms with E-state index in [4.69, 9.17) is 0 Å². The molecule has 0 fully saturated rings. The Kier molecular flexibility index (Phi) is 11.9. The van der Waals surface area contributed by atoms with Gasteiger partial charge in [-0.15, -0.1) is 0 Å². The van der Waals surface area contributed by atoms with Crippen molar-refractivity contribution < 1.29 is 0 Å². The zero-order valence-electron chi connectivity index (χ0n) is 49.7. The van der Waals surface area contributed by atoms with Crippen LogP contribution >= 0.6 is 0 Å². The fourth-order valence-electron chi connectivity index (χ4n) is 14.4. The first-order valence-electron chi connectivity index (χ1n) is 31.1. The Hall–Kier alpha value is -12.7. The summed E-state index contributed by atoms with van der Waals surface area (Å²) in [5.74, 6) is 0. The van der Waals surface area contributed by atoms with Crippen molar-refractivity contribution in [2.45, 2.75) is 0 Å². The van der Waals surface area contributed by atoms with Gasteiger partial charge in [-0.2, -0.15) is 10.5 Å². The molecule has 0 atom stereocenters. The number of hydrogen-bond acceptors (Lipinski definition) is 2. The molecular weight excluding hydrogens is 1120 g/mol. The third-order valence-corrected chi connectivity index (χ3v) is 18.8. The molecule has 0 aliphatic rings. The Morgan fingerprint density at radius 2 is 0.402 bits per heavy atom. The molecule has 0 aliphatic carbocycles. The molecule has 0 saturated heterocycles. The average molecular weight is 1170 g/mol. The van der Waals surface area contributed by atoms with E-state index in [1.807, 2.05) is 36.4 Å². The molecule has 0 unspecified atom stereocenters. The molecule has 92 heavy (non-hydrogen) atoms. The average Bonchev–Trinajstić information content (AvgIpc) is 1.67. The van der Waals surface area contributed by atoms with Gasteiger partial charge in [0.2, 0.25) is 0 Å². The zero-order valence-corrected chi connectivity index (χ0v) is 49.7. The summed E-state index contributed by atoms with van der Waals surface area (Å²) in [6, 6.07) is 118. The molecule has 0 bridgehead atoms. The topological polar surface area (TPSA) is 67.3 Å². The molecule has 0 saturated carbocycles. The Labute approximate surface area is 530 Å². The van der Waals surface area contributed by atoms with Crippen molar-refractivity contribution >= 4 is 87.2 Å². The highest BCUT2D eigenvalue weighted by atomic mass is 15.0. The fourth-order valence-corrected chi connectivity index (χ4v) is 14.4. The first-order valence-corrected chi connectivity index (χ1v) is 31.1. The predicted octanol–water partition coefficient (Wildman–Crippen LogP) is 22.2. The second-order valence-corrected chi connectivity index (χ2v) is 23.9. The molecule has 4 aromatic heterocycles. The Bertz CT molecular complexity index is 6090. The van der Waals surface area contributed by atoms with Crippen molar-refractivity contribution in [3.8, 4) is 90.5 Å². The lowest BCUT2D eigenvalue weighted by Gasteiger charge is -2.11. The Balaban J connectivity index is 0.770. The lowest BCUT2D eigenvalue weighted by atomic mass is 9.98. The third kappa shape index (κ3) is 8.40. The summed E-state index contributed by atoms with van der Waals surface area (Å²) in [6.07, 6.45) is 0. The predicted molar refractivity (Wildman–Crippen MR) is 380 cm³/mol. The van der Waals surface area contributed by atoms with Crippen molar-refractivity contribution in [2.24, 2.45) is 0 Å². The molecule has 0 spiro atoms. The maximum absolute atomic E-state index is 9.90. The van der Waals surface area contributed by atoms with Crippen LogP contribution in [0.1, 0.15) is 11.1 Å². The van der Waals surface area contributed by atoms with Gasteiger partial charge in [-0.1, -0.05) is 158 Å². The minimum Gasteiger partial charge on any atom is -0.309 e. The molecule has 426 valence electrons. The third-order valence-electron chi connectivity index (χ3n) is 18.8. The molecule has 18 aromatic rings. The first kappa shape index (κ1) is 52.4. The highest BCUT2D eigenvalue weighted by Gasteiger charge is 2.21. The van der Waals surface area contributed by atoms with E-state index in [2.05, 4.69) is 309 Å². The molecule has 6 nitrogen and oxygen atoms in total. The van der Waals surface area contributed by atoms with Gasteiger partial charge in [0, 0.05) is 65.8 Å². The zero-order chi connectivity index (χ0) is 61.0. The van der Waals surface area contributed by atoms with Gasteiger partial charge in [0.15, 0.2) is 0 Å². The van der Waals surface area contributed by atoms with Crippen LogP contribution in [0.5, 0.6) is 0 Å². The van der Waals surface area contributed by atoms with Crippen LogP contribution in [0.2, 0.25) is 0 Å². The van der Waals surface area contributed by atoms with Gasteiger partial charge in [0.25, 0.3) is 0 Å². The summed E-state index contributed by atoms with van der Waals surface area (Å²) in [4.78, 5) is 0. The molecule has 0 radical (unpaired) electrons. The van der Waals surface area contributed by atoms with E-state index in [-0.39, 0.29) is 0 Å². The fraction of sp³-hybridized carbons (Fsp3) is 0. The van der Waals surface area contributed by atoms with E-state index in [1.54, 1.807) is 0 Å². The van der Waals surface area contributed by atoms with E-state index in [0.29, 0.717) is 11.1 Å². The second-order valence-electron chi connectivity index (χ2n) is 23.9. The van der Waals surface area contributed by atoms with Gasteiger partial charge >= 0.3 is 0 Å². The van der Waals surface area contributed by atoms with Crippen molar-refractivity contribution in [2.75, 3.05) is 0 Å². The molecule has 0 aliphatic heterocycles. The van der Waals surface area contributed by atoms with Crippen molar-refractivity contribution in [1.29, 1.82) is 10.5 Å². The van der Waals surface area contributed by atoms with Gasteiger partial charge in [0.05, 0.1) is 67.4 Å². The quantitative estimate of drug-likeness (QED) is 0.145. The number of hydrogen-bond donors (Lipinski definition) is 0. The van der Waals surface area contributed by atoms with Crippen molar-refractivity contribution in [3.63, 3.8) is 0 Å². The van der Waals surface area contributed by atoms with E-state index >= 15 is 0 Å². The Morgan fingerprint density at radius 3 is 0.728 bits per heavy atom. The highest BCUT2D eigenvalue weighted by molar-refractivity contribution is 6.16. The maximum atomic E-state index is 9.90. The Morgan fingerprint density at radius 1 is 0.174 bits per heavy atom. The van der Waals surface area contributed by atoms with Gasteiger partial charge in [-0.3, -0.25) is 0 Å². The van der Waals surface area contributed by atoms with Crippen LogP contribution in [0.25, 0.3) is 166 Å². The van der Waals surface area contributed by atoms with Gasteiger partial charge < -0.3 is 18.3 Å². The van der Waals surface area contributed by atoms with Crippen LogP contribution in [-0.4, -0.2) is 18.3 Å². The number of benzene rings is 14. The van der Waals surface area contributed by atoms with Gasteiger partial charge in [-0.05, 0) is 213 Å². The smallest absolute Gasteiger partial charge is 0.0991 e. The summed E-state index contributed by atoms with van der Waals surface area (Å²) in [6.45, 7) is 0. The lowest BCUT2D eigenvalue weighted by Crippen LogP contribution is -1.94. The summed E-state index contributed by atoms with van der Waals surface area (Å²) in [5.41, 5.74) is 25.9. The molecular formula is C86H52N6. The number of fused-ring (bicyclic) bond motifs is 12. The minimum absolute atomic E-state index is 0.622. The molecule has 0 N–H and O–H groups in total. The van der Waals surface area contributed by atoms with Crippen LogP contribution in [-0.2, 0) is 0 Å². The lowest BCUT2D eigenvalue weighted by molar-refractivity contribution is 1.18. The van der Waals surface area contributed by atoms with Crippen LogP contribution < -0.4 is 0 Å². The monoisotopic (exact) mass is 1170 g/mol. The van der Waals surface area contributed by atoms with E-state index in [0.717, 1.165) is 122 Å². The van der Waals surface area contributed by atoms with Crippen LogP contribution in [0, 0.1) is 22.7 Å². The van der Waals surface area contributed by atoms with Crippen molar-refractivity contribution in [1.82, 2.24) is 18.3 Å². The number of nitriles is 2. The summed E-state index contributed by atoms with van der Waals surface area (Å²) >= 11 is 0. The summed E-state index contributed by atoms with van der Waals surface area (Å²) in [7, 11) is 0. The van der Waals surface area contributed by atoms with E-state index in [9.17, 15) is 10.5 Å². The highest BCUT2D eigenvalue weighted by Crippen LogP contribution is 2.44. The number of aromatic nitrogens is 4. The second kappa shape index (κ2) is 21.0.